The van der Waals surface area contributed by atoms with E-state index in [9.17, 15) is 4.79 Å². The number of hydrogen-bond acceptors (Lipinski definition) is 3. The van der Waals surface area contributed by atoms with Gasteiger partial charge in [-0.05, 0) is 59.7 Å². The first-order chi connectivity index (χ1) is 20.2. The van der Waals surface area contributed by atoms with Crippen molar-refractivity contribution in [1.29, 1.82) is 0 Å². The second-order valence-electron chi connectivity index (χ2n) is 10.2. The summed E-state index contributed by atoms with van der Waals surface area (Å²) in [6.45, 7) is 5.91. The summed E-state index contributed by atoms with van der Waals surface area (Å²) in [4.78, 5) is 17.6. The van der Waals surface area contributed by atoms with Gasteiger partial charge in [-0.3, -0.25) is 4.79 Å². The first-order valence-electron chi connectivity index (χ1n) is 14.4. The molecule has 1 heterocycles. The van der Waals surface area contributed by atoms with E-state index in [4.69, 9.17) is 9.72 Å². The molecule has 1 amide bonds. The van der Waals surface area contributed by atoms with Crippen molar-refractivity contribution in [1.82, 2.24) is 14.9 Å². The maximum atomic E-state index is 12.7. The van der Waals surface area contributed by atoms with Crippen LogP contribution in [0.15, 0.2) is 116 Å². The number of aromatic nitrogens is 2. The van der Waals surface area contributed by atoms with Crippen molar-refractivity contribution in [3.05, 3.63) is 133 Å². The Morgan fingerprint density at radius 3 is 2.41 bits per heavy atom. The lowest BCUT2D eigenvalue weighted by Crippen LogP contribution is -2.28. The number of para-hydroxylation sites is 3. The fraction of sp³-hybridized carbons (Fsp3) is 0.222. The molecule has 0 saturated carbocycles. The van der Waals surface area contributed by atoms with Gasteiger partial charge >= 0.3 is 0 Å². The molecule has 0 unspecified atom stereocenters. The van der Waals surface area contributed by atoms with Crippen molar-refractivity contribution in [2.75, 3.05) is 13.2 Å². The minimum Gasteiger partial charge on any atom is -0.493 e. The summed E-state index contributed by atoms with van der Waals surface area (Å²) in [5.74, 6) is 1.95. The standard InChI is InChI=1S/C36H37N3O2/c1-2-12-31-15-6-9-18-34(31)41-26-11-10-25-39-33-17-8-7-16-32(33)38-35(39)23-24-37-36(40)27-28-19-21-30(22-20-28)29-13-4-3-5-14-29/h2-9,13-22H,1,10-12,23-27H2,(H,37,40). The number of benzene rings is 4. The Bertz CT molecular complexity index is 1570. The van der Waals surface area contributed by atoms with Crippen LogP contribution in [0.5, 0.6) is 5.75 Å². The Morgan fingerprint density at radius 1 is 0.854 bits per heavy atom. The Kier molecular flexibility index (Phi) is 9.62. The molecule has 0 spiro atoms. The van der Waals surface area contributed by atoms with Crippen molar-refractivity contribution in [2.24, 2.45) is 0 Å². The molecular weight excluding hydrogens is 506 g/mol. The monoisotopic (exact) mass is 543 g/mol. The molecule has 0 saturated heterocycles. The number of rotatable bonds is 14. The van der Waals surface area contributed by atoms with Crippen LogP contribution < -0.4 is 10.1 Å². The predicted octanol–water partition coefficient (Wildman–Crippen LogP) is 7.19. The molecule has 0 aliphatic rings. The molecule has 0 bridgehead atoms. The molecule has 0 aliphatic heterocycles. The van der Waals surface area contributed by atoms with E-state index < -0.39 is 0 Å². The molecule has 5 aromatic rings. The van der Waals surface area contributed by atoms with E-state index in [0.717, 1.165) is 65.1 Å². The number of nitrogens with one attached hydrogen (secondary N) is 1. The van der Waals surface area contributed by atoms with Crippen molar-refractivity contribution in [3.63, 3.8) is 0 Å². The molecule has 4 aromatic carbocycles. The average molecular weight is 544 g/mol. The Balaban J connectivity index is 1.12. The molecule has 208 valence electrons. The number of nitrogens with zero attached hydrogens (tertiary/aromatic N) is 2. The van der Waals surface area contributed by atoms with Crippen LogP contribution in [0.1, 0.15) is 29.8 Å². The van der Waals surface area contributed by atoms with Crippen molar-refractivity contribution >= 4 is 16.9 Å². The highest BCUT2D eigenvalue weighted by Gasteiger charge is 2.11. The highest BCUT2D eigenvalue weighted by molar-refractivity contribution is 5.79. The molecule has 0 radical (unpaired) electrons. The zero-order chi connectivity index (χ0) is 28.3. The lowest BCUT2D eigenvalue weighted by atomic mass is 10.0. The summed E-state index contributed by atoms with van der Waals surface area (Å²) in [5, 5.41) is 3.09. The molecule has 1 N–H and O–H groups in total. The second kappa shape index (κ2) is 14.1. The highest BCUT2D eigenvalue weighted by Crippen LogP contribution is 2.21. The molecule has 0 fully saturated rings. The van der Waals surface area contributed by atoms with Crippen LogP contribution in [0.25, 0.3) is 22.2 Å². The fourth-order valence-electron chi connectivity index (χ4n) is 5.10. The van der Waals surface area contributed by atoms with Gasteiger partial charge in [0.15, 0.2) is 0 Å². The van der Waals surface area contributed by atoms with Gasteiger partial charge in [0.2, 0.25) is 5.91 Å². The minimum atomic E-state index is 0.0222. The third-order valence-electron chi connectivity index (χ3n) is 7.20. The van der Waals surface area contributed by atoms with Crippen LogP contribution in [0, 0.1) is 0 Å². The SMILES string of the molecule is C=CCc1ccccc1OCCCCn1c(CCNC(=O)Cc2ccc(-c3ccccc3)cc2)nc2ccccc21. The number of aryl methyl sites for hydroxylation is 1. The number of carbonyl (C=O) groups is 1. The average Bonchev–Trinajstić information content (AvgIpc) is 3.36. The van der Waals surface area contributed by atoms with Gasteiger partial charge in [-0.25, -0.2) is 4.98 Å². The van der Waals surface area contributed by atoms with Gasteiger partial charge in [0, 0.05) is 19.5 Å². The maximum absolute atomic E-state index is 12.7. The normalized spacial score (nSPS) is 10.9. The molecular formula is C36H37N3O2. The largest absolute Gasteiger partial charge is 0.493 e. The molecule has 1 aromatic heterocycles. The van der Waals surface area contributed by atoms with Gasteiger partial charge in [-0.15, -0.1) is 6.58 Å². The smallest absolute Gasteiger partial charge is 0.224 e. The van der Waals surface area contributed by atoms with E-state index in [2.05, 4.69) is 58.9 Å². The van der Waals surface area contributed by atoms with E-state index >= 15 is 0 Å². The van der Waals surface area contributed by atoms with E-state index in [1.54, 1.807) is 0 Å². The number of hydrogen-bond donors (Lipinski definition) is 1. The summed E-state index contributed by atoms with van der Waals surface area (Å²) >= 11 is 0. The molecule has 0 aliphatic carbocycles. The summed E-state index contributed by atoms with van der Waals surface area (Å²) in [7, 11) is 0. The van der Waals surface area contributed by atoms with Crippen LogP contribution >= 0.6 is 0 Å². The van der Waals surface area contributed by atoms with E-state index in [1.807, 2.05) is 66.7 Å². The summed E-state index contributed by atoms with van der Waals surface area (Å²) in [6.07, 6.45) is 5.66. The number of carbonyl (C=O) groups excluding carboxylic acids is 1. The van der Waals surface area contributed by atoms with Crippen LogP contribution in [0.3, 0.4) is 0 Å². The quantitative estimate of drug-likeness (QED) is 0.119. The zero-order valence-electron chi connectivity index (χ0n) is 23.5. The van der Waals surface area contributed by atoms with Crippen LogP contribution in [-0.2, 0) is 30.6 Å². The van der Waals surface area contributed by atoms with Gasteiger partial charge in [0.05, 0.1) is 24.1 Å². The van der Waals surface area contributed by atoms with E-state index in [1.165, 1.54) is 5.56 Å². The van der Waals surface area contributed by atoms with Crippen molar-refractivity contribution < 1.29 is 9.53 Å². The van der Waals surface area contributed by atoms with E-state index in [-0.39, 0.29) is 5.91 Å². The lowest BCUT2D eigenvalue weighted by molar-refractivity contribution is -0.120. The number of ether oxygens (including phenoxy) is 1. The number of imidazole rings is 1. The summed E-state index contributed by atoms with van der Waals surface area (Å²) < 4.78 is 8.36. The number of allylic oxidation sites excluding steroid dienone is 1. The topological polar surface area (TPSA) is 56.1 Å². The van der Waals surface area contributed by atoms with Gasteiger partial charge < -0.3 is 14.6 Å². The van der Waals surface area contributed by atoms with Crippen LogP contribution in [0.4, 0.5) is 0 Å². The second-order valence-corrected chi connectivity index (χ2v) is 10.2. The molecule has 5 rings (SSSR count). The van der Waals surface area contributed by atoms with Gasteiger partial charge in [0.1, 0.15) is 11.6 Å². The van der Waals surface area contributed by atoms with Gasteiger partial charge in [-0.1, -0.05) is 91.0 Å². The molecule has 41 heavy (non-hydrogen) atoms. The van der Waals surface area contributed by atoms with Gasteiger partial charge in [0.25, 0.3) is 0 Å². The fourth-order valence-corrected chi connectivity index (χ4v) is 5.10. The van der Waals surface area contributed by atoms with Crippen molar-refractivity contribution in [2.45, 2.75) is 38.6 Å². The van der Waals surface area contributed by atoms with Crippen LogP contribution in [0.2, 0.25) is 0 Å². The first-order valence-corrected chi connectivity index (χ1v) is 14.4. The summed E-state index contributed by atoms with van der Waals surface area (Å²) in [5.41, 5.74) is 6.61. The Labute approximate surface area is 242 Å². The highest BCUT2D eigenvalue weighted by atomic mass is 16.5. The third-order valence-corrected chi connectivity index (χ3v) is 7.20. The molecule has 5 heteroatoms. The number of fused-ring (bicyclic) bond motifs is 1. The van der Waals surface area contributed by atoms with E-state index in [0.29, 0.717) is 26.0 Å². The third kappa shape index (κ3) is 7.52. The molecule has 5 nitrogen and oxygen atoms in total. The lowest BCUT2D eigenvalue weighted by Gasteiger charge is -2.12. The molecule has 0 atom stereocenters. The zero-order valence-corrected chi connectivity index (χ0v) is 23.5. The van der Waals surface area contributed by atoms with Crippen LogP contribution in [-0.4, -0.2) is 28.6 Å². The van der Waals surface area contributed by atoms with Gasteiger partial charge in [-0.2, -0.15) is 0 Å². The Hall–Kier alpha value is -4.64. The number of amides is 1. The maximum Gasteiger partial charge on any atom is 0.224 e. The predicted molar refractivity (Wildman–Crippen MR) is 167 cm³/mol. The summed E-state index contributed by atoms with van der Waals surface area (Å²) in [6, 6.07) is 34.8. The number of unbranched alkanes of at least 4 members (excludes halogenated alkanes) is 1. The Morgan fingerprint density at radius 2 is 1.59 bits per heavy atom. The minimum absolute atomic E-state index is 0.0222. The van der Waals surface area contributed by atoms with Crippen molar-refractivity contribution in [3.8, 4) is 16.9 Å². The first kappa shape index (κ1) is 27.9.